The first-order valence-electron chi connectivity index (χ1n) is 10.0. The molecular formula is C24H25FN2OS. The van der Waals surface area contributed by atoms with E-state index in [-0.39, 0.29) is 17.8 Å². The van der Waals surface area contributed by atoms with Gasteiger partial charge in [0.2, 0.25) is 0 Å². The summed E-state index contributed by atoms with van der Waals surface area (Å²) in [5.74, 6) is -0.336. The summed E-state index contributed by atoms with van der Waals surface area (Å²) in [7, 11) is 0. The van der Waals surface area contributed by atoms with Gasteiger partial charge in [0.15, 0.2) is 0 Å². The van der Waals surface area contributed by atoms with Gasteiger partial charge in [-0.2, -0.15) is 0 Å². The summed E-state index contributed by atoms with van der Waals surface area (Å²) < 4.78 is 13.6. The molecule has 1 N–H and O–H groups in total. The monoisotopic (exact) mass is 408 g/mol. The van der Waals surface area contributed by atoms with Crippen molar-refractivity contribution in [3.8, 4) is 0 Å². The molecule has 3 nitrogen and oxygen atoms in total. The van der Waals surface area contributed by atoms with Gasteiger partial charge in [-0.25, -0.2) is 4.39 Å². The Kier molecular flexibility index (Phi) is 5.79. The molecule has 0 spiro atoms. The number of rotatable bonds is 5. The molecule has 0 aliphatic carbocycles. The van der Waals surface area contributed by atoms with Crippen LogP contribution in [0, 0.1) is 19.7 Å². The van der Waals surface area contributed by atoms with Crippen molar-refractivity contribution in [1.82, 2.24) is 4.90 Å². The van der Waals surface area contributed by atoms with E-state index in [1.54, 1.807) is 11.3 Å². The van der Waals surface area contributed by atoms with Crippen LogP contribution in [-0.4, -0.2) is 23.9 Å². The lowest BCUT2D eigenvalue weighted by atomic mass is 9.95. The number of halogens is 1. The lowest BCUT2D eigenvalue weighted by Crippen LogP contribution is -2.28. The van der Waals surface area contributed by atoms with Gasteiger partial charge in [0.1, 0.15) is 10.8 Å². The quantitative estimate of drug-likeness (QED) is 0.566. The zero-order valence-electron chi connectivity index (χ0n) is 16.7. The highest BCUT2D eigenvalue weighted by Gasteiger charge is 2.31. The molecule has 0 bridgehead atoms. The van der Waals surface area contributed by atoms with Gasteiger partial charge in [0.25, 0.3) is 5.91 Å². The number of benzene rings is 2. The summed E-state index contributed by atoms with van der Waals surface area (Å²) in [5, 5.41) is 4.04. The molecule has 0 saturated carbocycles. The van der Waals surface area contributed by atoms with Crippen molar-refractivity contribution in [2.45, 2.75) is 32.7 Å². The molecule has 29 heavy (non-hydrogen) atoms. The summed E-state index contributed by atoms with van der Waals surface area (Å²) in [6, 6.07) is 16.1. The summed E-state index contributed by atoms with van der Waals surface area (Å²) in [4.78, 5) is 16.5. The summed E-state index contributed by atoms with van der Waals surface area (Å²) in [5.41, 5.74) is 4.02. The third-order valence-electron chi connectivity index (χ3n) is 5.66. The average Bonchev–Trinajstić information content (AvgIpc) is 3.35. The number of carbonyl (C=O) groups is 1. The summed E-state index contributed by atoms with van der Waals surface area (Å²) in [6.45, 7) is 6.21. The van der Waals surface area contributed by atoms with E-state index in [1.165, 1.54) is 22.6 Å². The van der Waals surface area contributed by atoms with E-state index >= 15 is 0 Å². The number of nitrogens with one attached hydrogen (secondary N) is 1. The van der Waals surface area contributed by atoms with E-state index in [2.05, 4.69) is 24.1 Å². The Morgan fingerprint density at radius 2 is 1.69 bits per heavy atom. The number of hydrogen-bond donors (Lipinski definition) is 1. The zero-order valence-corrected chi connectivity index (χ0v) is 17.6. The minimum Gasteiger partial charge on any atom is -0.313 e. The molecule has 1 fully saturated rings. The molecule has 1 aromatic heterocycles. The number of likely N-dealkylation sites (tertiary alicyclic amines) is 1. The van der Waals surface area contributed by atoms with E-state index in [1.807, 2.05) is 42.5 Å². The Hall–Kier alpha value is -2.50. The molecule has 2 heterocycles. The SMILES string of the molecule is Cc1sc(NC(=O)c2ccccc2)c([C@H](c2ccc(F)cc2)N2CCCC2)c1C. The van der Waals surface area contributed by atoms with Gasteiger partial charge in [-0.3, -0.25) is 9.69 Å². The standard InChI is InChI=1S/C24H25FN2OS/c1-16-17(2)29-24(26-23(28)19-8-4-3-5-9-19)21(16)22(27-14-6-7-15-27)18-10-12-20(25)13-11-18/h3-5,8-13,22H,6-7,14-15H2,1-2H3,(H,26,28)/t22-/m0/s1. The normalized spacial score (nSPS) is 15.4. The smallest absolute Gasteiger partial charge is 0.256 e. The maximum atomic E-state index is 13.6. The van der Waals surface area contributed by atoms with Crippen molar-refractivity contribution < 1.29 is 9.18 Å². The van der Waals surface area contributed by atoms with Crippen molar-refractivity contribution in [2.75, 3.05) is 18.4 Å². The van der Waals surface area contributed by atoms with E-state index < -0.39 is 0 Å². The number of amides is 1. The Morgan fingerprint density at radius 1 is 1.03 bits per heavy atom. The molecule has 3 aromatic rings. The Labute approximate surface area is 175 Å². The highest BCUT2D eigenvalue weighted by Crippen LogP contribution is 2.43. The largest absolute Gasteiger partial charge is 0.313 e. The molecule has 5 heteroatoms. The number of carbonyl (C=O) groups excluding carboxylic acids is 1. The predicted octanol–water partition coefficient (Wildman–Crippen LogP) is 5.94. The first-order valence-corrected chi connectivity index (χ1v) is 10.8. The molecule has 1 aliphatic rings. The summed E-state index contributed by atoms with van der Waals surface area (Å²) in [6.07, 6.45) is 2.32. The average molecular weight is 409 g/mol. The minimum atomic E-state index is -0.232. The molecule has 4 rings (SSSR count). The Morgan fingerprint density at radius 3 is 2.34 bits per heavy atom. The van der Waals surface area contributed by atoms with Crippen molar-refractivity contribution in [3.05, 3.63) is 87.5 Å². The highest BCUT2D eigenvalue weighted by atomic mass is 32.1. The third-order valence-corrected chi connectivity index (χ3v) is 6.80. The van der Waals surface area contributed by atoms with Gasteiger partial charge >= 0.3 is 0 Å². The number of thiophene rings is 1. The van der Waals surface area contributed by atoms with Gasteiger partial charge < -0.3 is 5.32 Å². The van der Waals surface area contributed by atoms with Crippen LogP contribution in [0.2, 0.25) is 0 Å². The number of nitrogens with zero attached hydrogens (tertiary/aromatic N) is 1. The van der Waals surface area contributed by atoms with Crippen LogP contribution in [-0.2, 0) is 0 Å². The van der Waals surface area contributed by atoms with Crippen LogP contribution < -0.4 is 5.32 Å². The van der Waals surface area contributed by atoms with Crippen molar-refractivity contribution in [1.29, 1.82) is 0 Å². The van der Waals surface area contributed by atoms with Crippen molar-refractivity contribution in [2.24, 2.45) is 0 Å². The van der Waals surface area contributed by atoms with Crippen LogP contribution in [0.4, 0.5) is 9.39 Å². The first-order chi connectivity index (χ1) is 14.0. The van der Waals surface area contributed by atoms with Crippen LogP contribution in [0.15, 0.2) is 54.6 Å². The van der Waals surface area contributed by atoms with Gasteiger partial charge in [-0.05, 0) is 75.2 Å². The molecule has 1 atom stereocenters. The second kappa shape index (κ2) is 8.47. The van der Waals surface area contributed by atoms with E-state index in [4.69, 9.17) is 0 Å². The lowest BCUT2D eigenvalue weighted by Gasteiger charge is -2.29. The molecule has 1 saturated heterocycles. The zero-order chi connectivity index (χ0) is 20.4. The van der Waals surface area contributed by atoms with Crippen molar-refractivity contribution >= 4 is 22.2 Å². The van der Waals surface area contributed by atoms with Crippen molar-refractivity contribution in [3.63, 3.8) is 0 Å². The number of anilines is 1. The molecule has 0 unspecified atom stereocenters. The van der Waals surface area contributed by atoms with Crippen LogP contribution in [0.25, 0.3) is 0 Å². The Balaban J connectivity index is 1.76. The molecule has 1 amide bonds. The molecular weight excluding hydrogens is 383 g/mol. The lowest BCUT2D eigenvalue weighted by molar-refractivity contribution is 0.102. The second-order valence-corrected chi connectivity index (χ2v) is 8.77. The van der Waals surface area contributed by atoms with Crippen LogP contribution in [0.5, 0.6) is 0 Å². The maximum Gasteiger partial charge on any atom is 0.256 e. The van der Waals surface area contributed by atoms with E-state index in [9.17, 15) is 9.18 Å². The maximum absolute atomic E-state index is 13.6. The minimum absolute atomic E-state index is 0.00845. The predicted molar refractivity (Wildman–Crippen MR) is 117 cm³/mol. The fourth-order valence-electron chi connectivity index (χ4n) is 4.04. The fourth-order valence-corrected chi connectivity index (χ4v) is 5.12. The summed E-state index contributed by atoms with van der Waals surface area (Å²) >= 11 is 1.62. The third kappa shape index (κ3) is 4.11. The van der Waals surface area contributed by atoms with E-state index in [0.29, 0.717) is 5.56 Å². The molecule has 1 aliphatic heterocycles. The number of hydrogen-bond acceptors (Lipinski definition) is 3. The van der Waals surface area contributed by atoms with Crippen LogP contribution in [0.3, 0.4) is 0 Å². The fraction of sp³-hybridized carbons (Fsp3) is 0.292. The Bertz CT molecular complexity index is 992. The number of aryl methyl sites for hydroxylation is 1. The van der Waals surface area contributed by atoms with Crippen LogP contribution in [0.1, 0.15) is 50.8 Å². The topological polar surface area (TPSA) is 32.3 Å². The van der Waals surface area contributed by atoms with Gasteiger partial charge in [-0.1, -0.05) is 30.3 Å². The second-order valence-electron chi connectivity index (χ2n) is 7.54. The molecule has 150 valence electrons. The van der Waals surface area contributed by atoms with Crippen LogP contribution >= 0.6 is 11.3 Å². The first kappa shape index (κ1) is 19.8. The molecule has 2 aromatic carbocycles. The van der Waals surface area contributed by atoms with Gasteiger partial charge in [0, 0.05) is 16.0 Å². The molecule has 0 radical (unpaired) electrons. The van der Waals surface area contributed by atoms with Gasteiger partial charge in [-0.15, -0.1) is 11.3 Å². The van der Waals surface area contributed by atoms with Gasteiger partial charge in [0.05, 0.1) is 6.04 Å². The highest BCUT2D eigenvalue weighted by molar-refractivity contribution is 7.16. The van der Waals surface area contributed by atoms with E-state index in [0.717, 1.165) is 42.1 Å².